The second-order valence-electron chi connectivity index (χ2n) is 3.97. The first-order valence-corrected chi connectivity index (χ1v) is 5.83. The van der Waals surface area contributed by atoms with Crippen LogP contribution in [0.3, 0.4) is 0 Å². The van der Waals surface area contributed by atoms with Gasteiger partial charge in [-0.1, -0.05) is 5.16 Å². The molecule has 0 aliphatic heterocycles. The molecular formula is C12H20N4O2. The highest BCUT2D eigenvalue weighted by Gasteiger charge is 2.07. The van der Waals surface area contributed by atoms with E-state index in [-0.39, 0.29) is 5.84 Å². The van der Waals surface area contributed by atoms with Crippen LogP contribution in [0, 0.1) is 0 Å². The monoisotopic (exact) mass is 252 g/mol. The second kappa shape index (κ2) is 8.43. The Balaban J connectivity index is 2.49. The van der Waals surface area contributed by atoms with Crippen molar-refractivity contribution < 1.29 is 9.94 Å². The summed E-state index contributed by atoms with van der Waals surface area (Å²) >= 11 is 0. The molecule has 1 aromatic heterocycles. The second-order valence-corrected chi connectivity index (χ2v) is 3.97. The summed E-state index contributed by atoms with van der Waals surface area (Å²) in [5, 5.41) is 11.5. The van der Waals surface area contributed by atoms with E-state index in [4.69, 9.17) is 15.7 Å². The lowest BCUT2D eigenvalue weighted by Crippen LogP contribution is -2.30. The van der Waals surface area contributed by atoms with E-state index in [1.165, 1.54) is 5.56 Å². The highest BCUT2D eigenvalue weighted by Crippen LogP contribution is 2.04. The quantitative estimate of drug-likeness (QED) is 0.307. The van der Waals surface area contributed by atoms with Crippen LogP contribution in [0.1, 0.15) is 12.0 Å². The molecule has 18 heavy (non-hydrogen) atoms. The predicted molar refractivity (Wildman–Crippen MR) is 69.4 cm³/mol. The van der Waals surface area contributed by atoms with Gasteiger partial charge in [-0.3, -0.25) is 9.88 Å². The smallest absolute Gasteiger partial charge is 0.140 e. The van der Waals surface area contributed by atoms with Crippen LogP contribution < -0.4 is 5.73 Å². The molecule has 0 radical (unpaired) electrons. The Bertz CT molecular complexity index is 356. The Morgan fingerprint density at radius 3 is 2.78 bits per heavy atom. The SMILES string of the molecule is COCCN(CCC(N)=NO)Cc1ccncc1. The number of methoxy groups -OCH3 is 1. The molecule has 0 atom stereocenters. The standard InChI is InChI=1S/C12H20N4O2/c1-18-9-8-16(7-4-12(13)15-17)10-11-2-5-14-6-3-11/h2-3,5-6,17H,4,7-10H2,1H3,(H2,13,15). The minimum absolute atomic E-state index is 0.243. The zero-order valence-electron chi connectivity index (χ0n) is 10.6. The Morgan fingerprint density at radius 1 is 1.44 bits per heavy atom. The molecule has 1 aromatic rings. The summed E-state index contributed by atoms with van der Waals surface area (Å²) in [7, 11) is 1.67. The summed E-state index contributed by atoms with van der Waals surface area (Å²) < 4.78 is 5.08. The largest absolute Gasteiger partial charge is 0.409 e. The number of ether oxygens (including phenoxy) is 1. The molecule has 0 unspecified atom stereocenters. The van der Waals surface area contributed by atoms with E-state index in [0.29, 0.717) is 13.0 Å². The number of pyridine rings is 1. The van der Waals surface area contributed by atoms with Crippen molar-refractivity contribution >= 4 is 5.84 Å². The number of aromatic nitrogens is 1. The first-order chi connectivity index (χ1) is 8.76. The maximum atomic E-state index is 8.52. The molecule has 0 spiro atoms. The van der Waals surface area contributed by atoms with Crippen molar-refractivity contribution in [2.75, 3.05) is 26.8 Å². The molecule has 0 aliphatic rings. The van der Waals surface area contributed by atoms with Crippen molar-refractivity contribution in [1.82, 2.24) is 9.88 Å². The van der Waals surface area contributed by atoms with Crippen molar-refractivity contribution in [2.24, 2.45) is 10.9 Å². The Morgan fingerprint density at radius 2 is 2.17 bits per heavy atom. The molecule has 6 heteroatoms. The zero-order valence-corrected chi connectivity index (χ0v) is 10.6. The summed E-state index contributed by atoms with van der Waals surface area (Å²) in [5.41, 5.74) is 6.66. The molecule has 0 amide bonds. The van der Waals surface area contributed by atoms with Crippen LogP contribution in [-0.4, -0.2) is 47.7 Å². The van der Waals surface area contributed by atoms with Crippen molar-refractivity contribution in [3.63, 3.8) is 0 Å². The van der Waals surface area contributed by atoms with Gasteiger partial charge in [0.1, 0.15) is 5.84 Å². The van der Waals surface area contributed by atoms with Gasteiger partial charge in [0.05, 0.1) is 6.61 Å². The third-order valence-corrected chi connectivity index (χ3v) is 2.58. The normalized spacial score (nSPS) is 12.0. The van der Waals surface area contributed by atoms with Gasteiger partial charge in [0.2, 0.25) is 0 Å². The number of oxime groups is 1. The van der Waals surface area contributed by atoms with E-state index < -0.39 is 0 Å². The van der Waals surface area contributed by atoms with E-state index in [2.05, 4.69) is 15.0 Å². The minimum atomic E-state index is 0.243. The Hall–Kier alpha value is -1.66. The van der Waals surface area contributed by atoms with E-state index in [1.807, 2.05) is 12.1 Å². The van der Waals surface area contributed by atoms with Crippen molar-refractivity contribution in [2.45, 2.75) is 13.0 Å². The molecule has 0 aromatic carbocycles. The van der Waals surface area contributed by atoms with Crippen LogP contribution in [0.15, 0.2) is 29.7 Å². The van der Waals surface area contributed by atoms with E-state index in [1.54, 1.807) is 19.5 Å². The van der Waals surface area contributed by atoms with Gasteiger partial charge in [-0.15, -0.1) is 0 Å². The molecule has 0 fully saturated rings. The number of rotatable bonds is 8. The van der Waals surface area contributed by atoms with Gasteiger partial charge in [-0.05, 0) is 17.7 Å². The fraction of sp³-hybridized carbons (Fsp3) is 0.500. The number of amidine groups is 1. The molecule has 3 N–H and O–H groups in total. The van der Waals surface area contributed by atoms with Gasteiger partial charge in [0.25, 0.3) is 0 Å². The highest BCUT2D eigenvalue weighted by molar-refractivity contribution is 5.79. The van der Waals surface area contributed by atoms with Gasteiger partial charge < -0.3 is 15.7 Å². The molecule has 1 heterocycles. The molecule has 0 aliphatic carbocycles. The number of hydrogen-bond donors (Lipinski definition) is 2. The third-order valence-electron chi connectivity index (χ3n) is 2.58. The van der Waals surface area contributed by atoms with Crippen molar-refractivity contribution in [3.8, 4) is 0 Å². The van der Waals surface area contributed by atoms with E-state index in [9.17, 15) is 0 Å². The number of nitrogens with zero attached hydrogens (tertiary/aromatic N) is 3. The first-order valence-electron chi connectivity index (χ1n) is 5.83. The van der Waals surface area contributed by atoms with Crippen LogP contribution in [0.5, 0.6) is 0 Å². The maximum absolute atomic E-state index is 8.52. The van der Waals surface area contributed by atoms with Crippen LogP contribution in [0.25, 0.3) is 0 Å². The average molecular weight is 252 g/mol. The van der Waals surface area contributed by atoms with Crippen LogP contribution in [0.2, 0.25) is 0 Å². The van der Waals surface area contributed by atoms with Gasteiger partial charge in [0.15, 0.2) is 0 Å². The Kier molecular flexibility index (Phi) is 6.75. The van der Waals surface area contributed by atoms with Crippen molar-refractivity contribution in [3.05, 3.63) is 30.1 Å². The molecule has 100 valence electrons. The molecule has 0 bridgehead atoms. The summed E-state index contributed by atoms with van der Waals surface area (Å²) in [6.07, 6.45) is 4.08. The van der Waals surface area contributed by atoms with Crippen molar-refractivity contribution in [1.29, 1.82) is 0 Å². The van der Waals surface area contributed by atoms with Gasteiger partial charge in [-0.25, -0.2) is 0 Å². The van der Waals surface area contributed by atoms with Gasteiger partial charge in [0, 0.05) is 45.6 Å². The van der Waals surface area contributed by atoms with Gasteiger partial charge in [-0.2, -0.15) is 0 Å². The fourth-order valence-electron chi connectivity index (χ4n) is 1.56. The fourth-order valence-corrected chi connectivity index (χ4v) is 1.56. The first kappa shape index (κ1) is 14.4. The molecule has 0 saturated heterocycles. The number of nitrogens with two attached hydrogens (primary N) is 1. The van der Waals surface area contributed by atoms with Crippen LogP contribution in [0.4, 0.5) is 0 Å². The Labute approximate surface area is 107 Å². The van der Waals surface area contributed by atoms with Crippen LogP contribution >= 0.6 is 0 Å². The van der Waals surface area contributed by atoms with Gasteiger partial charge >= 0.3 is 0 Å². The maximum Gasteiger partial charge on any atom is 0.140 e. The number of hydrogen-bond acceptors (Lipinski definition) is 5. The van der Waals surface area contributed by atoms with E-state index in [0.717, 1.165) is 19.6 Å². The minimum Gasteiger partial charge on any atom is -0.409 e. The highest BCUT2D eigenvalue weighted by atomic mass is 16.5. The van der Waals surface area contributed by atoms with Crippen LogP contribution in [-0.2, 0) is 11.3 Å². The summed E-state index contributed by atoms with van der Waals surface area (Å²) in [4.78, 5) is 6.18. The molecule has 6 nitrogen and oxygen atoms in total. The third kappa shape index (κ3) is 5.60. The molecular weight excluding hydrogens is 232 g/mol. The van der Waals surface area contributed by atoms with E-state index >= 15 is 0 Å². The summed E-state index contributed by atoms with van der Waals surface area (Å²) in [6, 6.07) is 3.95. The molecule has 1 rings (SSSR count). The lowest BCUT2D eigenvalue weighted by atomic mass is 10.2. The summed E-state index contributed by atoms with van der Waals surface area (Å²) in [6.45, 7) is 2.98. The average Bonchev–Trinajstić information content (AvgIpc) is 2.42. The molecule has 0 saturated carbocycles. The topological polar surface area (TPSA) is 84.0 Å². The lowest BCUT2D eigenvalue weighted by molar-refractivity contribution is 0.145. The lowest BCUT2D eigenvalue weighted by Gasteiger charge is -2.21. The zero-order chi connectivity index (χ0) is 13.2. The summed E-state index contributed by atoms with van der Waals surface area (Å²) in [5.74, 6) is 0.243. The predicted octanol–water partition coefficient (Wildman–Crippen LogP) is 0.667.